The van der Waals surface area contributed by atoms with Crippen LogP contribution in [-0.4, -0.2) is 6.17 Å². The molecule has 1 heterocycles. The van der Waals surface area contributed by atoms with Gasteiger partial charge in [0.1, 0.15) is 6.17 Å². The van der Waals surface area contributed by atoms with Crippen LogP contribution in [0.15, 0.2) is 42.7 Å². The average molecular weight is 337 g/mol. The summed E-state index contributed by atoms with van der Waals surface area (Å²) in [5, 5.41) is 0. The Bertz CT molecular complexity index is 730. The van der Waals surface area contributed by atoms with Gasteiger partial charge in [-0.05, 0) is 63.8 Å². The van der Waals surface area contributed by atoms with Crippen molar-refractivity contribution in [3.63, 3.8) is 0 Å². The predicted molar refractivity (Wildman–Crippen MR) is 111 cm³/mol. The molecule has 25 heavy (non-hydrogen) atoms. The molecule has 1 atom stereocenters. The highest BCUT2D eigenvalue weighted by molar-refractivity contribution is 5.69. The molecule has 1 unspecified atom stereocenters. The zero-order valence-corrected chi connectivity index (χ0v) is 17.0. The first-order valence-corrected chi connectivity index (χ1v) is 9.29. The number of benzene rings is 2. The van der Waals surface area contributed by atoms with Crippen LogP contribution in [0.4, 0.5) is 11.4 Å². The number of hydrogen-bond donors (Lipinski definition) is 0. The molecule has 134 valence electrons. The van der Waals surface area contributed by atoms with Crippen LogP contribution in [0, 0.1) is 34.6 Å². The molecule has 0 saturated heterocycles. The maximum Gasteiger partial charge on any atom is 0.107 e. The Balaban J connectivity index is 0.00000109. The van der Waals surface area contributed by atoms with Crippen molar-refractivity contribution in [3.05, 3.63) is 70.5 Å². The zero-order valence-electron chi connectivity index (χ0n) is 17.0. The van der Waals surface area contributed by atoms with Gasteiger partial charge >= 0.3 is 0 Å². The van der Waals surface area contributed by atoms with Gasteiger partial charge in [0.05, 0.1) is 0 Å². The third-order valence-corrected chi connectivity index (χ3v) is 4.78. The van der Waals surface area contributed by atoms with Crippen molar-refractivity contribution in [1.82, 2.24) is 0 Å². The number of rotatable bonds is 2. The van der Waals surface area contributed by atoms with Crippen molar-refractivity contribution >= 4 is 11.4 Å². The molecule has 0 amide bonds. The highest BCUT2D eigenvalue weighted by Gasteiger charge is 2.27. The molecule has 3 rings (SSSR count). The van der Waals surface area contributed by atoms with E-state index in [0.29, 0.717) is 0 Å². The summed E-state index contributed by atoms with van der Waals surface area (Å²) in [5.41, 5.74) is 9.28. The Kier molecular flexibility index (Phi) is 5.94. The van der Waals surface area contributed by atoms with Gasteiger partial charge in [-0.1, -0.05) is 49.7 Å². The number of para-hydroxylation sites is 1. The molecule has 0 radical (unpaired) electrons. The molecule has 0 saturated carbocycles. The number of aryl methyl sites for hydroxylation is 5. The molecule has 0 aromatic heterocycles. The molecule has 0 N–H and O–H groups in total. The lowest BCUT2D eigenvalue weighted by atomic mass is 10.0. The van der Waals surface area contributed by atoms with E-state index >= 15 is 0 Å². The summed E-state index contributed by atoms with van der Waals surface area (Å²) in [4.78, 5) is 4.76. The van der Waals surface area contributed by atoms with Gasteiger partial charge in [0.25, 0.3) is 0 Å². The number of nitrogens with zero attached hydrogens (tertiary/aromatic N) is 2. The fourth-order valence-corrected chi connectivity index (χ4v) is 3.84. The van der Waals surface area contributed by atoms with Gasteiger partial charge in [-0.2, -0.15) is 0 Å². The minimum atomic E-state index is 0.273. The summed E-state index contributed by atoms with van der Waals surface area (Å²) < 4.78 is 0. The number of anilines is 2. The van der Waals surface area contributed by atoms with Crippen LogP contribution in [0.25, 0.3) is 0 Å². The highest BCUT2D eigenvalue weighted by Crippen LogP contribution is 2.36. The Morgan fingerprint density at radius 3 is 1.52 bits per heavy atom. The van der Waals surface area contributed by atoms with Gasteiger partial charge < -0.3 is 9.80 Å². The second kappa shape index (κ2) is 7.77. The Morgan fingerprint density at radius 1 is 0.680 bits per heavy atom. The Labute approximate surface area is 153 Å². The minimum Gasteiger partial charge on any atom is -0.325 e. The van der Waals surface area contributed by atoms with Crippen molar-refractivity contribution in [2.75, 3.05) is 9.80 Å². The van der Waals surface area contributed by atoms with Crippen LogP contribution in [-0.2, 0) is 0 Å². The van der Waals surface area contributed by atoms with Gasteiger partial charge in [0.15, 0.2) is 0 Å². The standard InChI is InChI=1S/C21H26N2.C2H6/c1-14-12-17(4)21(18(5)13-14)23-11-10-22(19(23)6)20-15(2)8-7-9-16(20)3;1-2/h7-13,19H,1-6H3;1-2H3. The molecule has 1 aliphatic rings. The molecule has 2 heteroatoms. The van der Waals surface area contributed by atoms with Crippen molar-refractivity contribution in [2.45, 2.75) is 61.6 Å². The van der Waals surface area contributed by atoms with E-state index in [1.54, 1.807) is 0 Å². The summed E-state index contributed by atoms with van der Waals surface area (Å²) in [6.07, 6.45) is 4.69. The molecular weight excluding hydrogens is 304 g/mol. The second-order valence-corrected chi connectivity index (χ2v) is 6.73. The summed E-state index contributed by atoms with van der Waals surface area (Å²) in [6, 6.07) is 11.0. The third kappa shape index (κ3) is 3.58. The SMILES string of the molecule is CC.Cc1cc(C)c(N2C=CN(c3c(C)cccc3C)C2C)c(C)c1. The molecule has 0 bridgehead atoms. The van der Waals surface area contributed by atoms with Crippen LogP contribution in [0.5, 0.6) is 0 Å². The van der Waals surface area contributed by atoms with Crippen molar-refractivity contribution in [1.29, 1.82) is 0 Å². The monoisotopic (exact) mass is 336 g/mol. The van der Waals surface area contributed by atoms with E-state index in [1.807, 2.05) is 13.8 Å². The van der Waals surface area contributed by atoms with E-state index in [4.69, 9.17) is 0 Å². The normalized spacial score (nSPS) is 16.1. The van der Waals surface area contributed by atoms with E-state index in [1.165, 1.54) is 39.2 Å². The molecule has 2 nitrogen and oxygen atoms in total. The summed E-state index contributed by atoms with van der Waals surface area (Å²) in [6.45, 7) is 17.2. The second-order valence-electron chi connectivity index (χ2n) is 6.73. The molecule has 2 aromatic rings. The summed E-state index contributed by atoms with van der Waals surface area (Å²) in [5.74, 6) is 0. The fourth-order valence-electron chi connectivity index (χ4n) is 3.84. The predicted octanol–water partition coefficient (Wildman–Crippen LogP) is 6.40. The van der Waals surface area contributed by atoms with Gasteiger partial charge in [0.2, 0.25) is 0 Å². The van der Waals surface area contributed by atoms with E-state index in [0.717, 1.165) is 0 Å². The van der Waals surface area contributed by atoms with Crippen LogP contribution in [0.1, 0.15) is 48.6 Å². The first-order chi connectivity index (χ1) is 11.9. The molecule has 2 aromatic carbocycles. The van der Waals surface area contributed by atoms with Crippen LogP contribution in [0.2, 0.25) is 0 Å². The van der Waals surface area contributed by atoms with Crippen LogP contribution in [0.3, 0.4) is 0 Å². The Hall–Kier alpha value is -2.22. The highest BCUT2D eigenvalue weighted by atomic mass is 15.4. The fraction of sp³-hybridized carbons (Fsp3) is 0.391. The lowest BCUT2D eigenvalue weighted by Crippen LogP contribution is -2.37. The first kappa shape index (κ1) is 19.1. The third-order valence-electron chi connectivity index (χ3n) is 4.78. The largest absolute Gasteiger partial charge is 0.325 e. The molecule has 0 spiro atoms. The number of hydrogen-bond acceptors (Lipinski definition) is 2. The molecule has 1 aliphatic heterocycles. The average Bonchev–Trinajstić information content (AvgIpc) is 2.90. The topological polar surface area (TPSA) is 6.48 Å². The lowest BCUT2D eigenvalue weighted by molar-refractivity contribution is 0.743. The molecule has 0 aliphatic carbocycles. The maximum atomic E-state index is 2.38. The van der Waals surface area contributed by atoms with Gasteiger partial charge in [0, 0.05) is 23.8 Å². The zero-order chi connectivity index (χ0) is 18.7. The maximum absolute atomic E-state index is 2.38. The van der Waals surface area contributed by atoms with E-state index < -0.39 is 0 Å². The van der Waals surface area contributed by atoms with Crippen LogP contribution < -0.4 is 9.80 Å². The summed E-state index contributed by atoms with van der Waals surface area (Å²) in [7, 11) is 0. The van der Waals surface area contributed by atoms with Crippen molar-refractivity contribution < 1.29 is 0 Å². The smallest absolute Gasteiger partial charge is 0.107 e. The Morgan fingerprint density at radius 2 is 1.08 bits per heavy atom. The van der Waals surface area contributed by atoms with E-state index in [-0.39, 0.29) is 6.17 Å². The van der Waals surface area contributed by atoms with Crippen molar-refractivity contribution in [2.24, 2.45) is 0 Å². The quantitative estimate of drug-likeness (QED) is 0.626. The van der Waals surface area contributed by atoms with Crippen LogP contribution >= 0.6 is 0 Å². The minimum absolute atomic E-state index is 0.273. The van der Waals surface area contributed by atoms with Gasteiger partial charge in [-0.15, -0.1) is 0 Å². The molecule has 0 fully saturated rings. The lowest BCUT2D eigenvalue weighted by Gasteiger charge is -2.33. The molecular formula is C23H32N2. The van der Waals surface area contributed by atoms with Gasteiger partial charge in [-0.25, -0.2) is 0 Å². The first-order valence-electron chi connectivity index (χ1n) is 9.29. The van der Waals surface area contributed by atoms with E-state index in [2.05, 4.69) is 94.1 Å². The summed E-state index contributed by atoms with van der Waals surface area (Å²) >= 11 is 0. The van der Waals surface area contributed by atoms with Gasteiger partial charge in [-0.3, -0.25) is 0 Å². The van der Waals surface area contributed by atoms with E-state index in [9.17, 15) is 0 Å². The van der Waals surface area contributed by atoms with Crippen molar-refractivity contribution in [3.8, 4) is 0 Å².